The highest BCUT2D eigenvalue weighted by atomic mass is 19.4. The molecule has 0 atom stereocenters. The van der Waals surface area contributed by atoms with E-state index in [2.05, 4.69) is 19.7 Å². The number of para-hydroxylation sites is 1. The minimum atomic E-state index is -4.62. The average Bonchev–Trinajstić information content (AvgIpc) is 3.31. The lowest BCUT2D eigenvalue weighted by Gasteiger charge is -2.35. The maximum absolute atomic E-state index is 13.5. The van der Waals surface area contributed by atoms with E-state index in [4.69, 9.17) is 0 Å². The number of hydrogen-bond acceptors (Lipinski definition) is 6. The first kappa shape index (κ1) is 24.3. The van der Waals surface area contributed by atoms with Crippen molar-refractivity contribution < 1.29 is 35.9 Å². The van der Waals surface area contributed by atoms with Gasteiger partial charge in [0.15, 0.2) is 6.61 Å². The minimum Gasteiger partial charge on any atom is -0.468 e. The van der Waals surface area contributed by atoms with Gasteiger partial charge in [0.1, 0.15) is 17.8 Å². The fourth-order valence-corrected chi connectivity index (χ4v) is 3.61. The van der Waals surface area contributed by atoms with E-state index in [0.717, 1.165) is 23.3 Å². The molecule has 0 saturated carbocycles. The Bertz CT molecular complexity index is 1190. The van der Waals surface area contributed by atoms with Crippen LogP contribution in [0.25, 0.3) is 5.69 Å². The van der Waals surface area contributed by atoms with Crippen LogP contribution in [0, 0.1) is 0 Å². The lowest BCUT2D eigenvalue weighted by molar-refractivity contribution is -0.154. The van der Waals surface area contributed by atoms with Crippen LogP contribution < -0.4 is 9.64 Å². The van der Waals surface area contributed by atoms with Crippen molar-refractivity contribution in [1.29, 1.82) is 0 Å². The van der Waals surface area contributed by atoms with Gasteiger partial charge in [-0.15, -0.1) is 0 Å². The molecule has 186 valence electrons. The number of imidazole rings is 1. The molecule has 14 heteroatoms. The van der Waals surface area contributed by atoms with E-state index >= 15 is 0 Å². The van der Waals surface area contributed by atoms with E-state index in [1.165, 1.54) is 35.4 Å². The van der Waals surface area contributed by atoms with Gasteiger partial charge in [-0.3, -0.25) is 9.36 Å². The Morgan fingerprint density at radius 3 is 2.40 bits per heavy atom. The number of piperazine rings is 1. The summed E-state index contributed by atoms with van der Waals surface area (Å²) in [7, 11) is 0. The van der Waals surface area contributed by atoms with Crippen molar-refractivity contribution in [1.82, 2.24) is 24.4 Å². The Hall–Kier alpha value is -3.84. The Morgan fingerprint density at radius 2 is 1.71 bits per heavy atom. The van der Waals surface area contributed by atoms with Gasteiger partial charge in [0, 0.05) is 32.2 Å². The Balaban J connectivity index is 1.45. The standard InChI is InChI=1S/C21H18F6N6O2/c22-20(23,24)11-35-18-9-17(29-12-30-18)31-5-7-32(8-6-31)19(34)16-10-28-13-33(16)15-4-2-1-3-14(15)21(25,26)27/h1-4,9-10,12-13H,5-8,11H2. The molecule has 3 aromatic rings. The summed E-state index contributed by atoms with van der Waals surface area (Å²) in [5.74, 6) is -0.414. The normalized spacial score (nSPS) is 14.8. The molecule has 0 radical (unpaired) electrons. The summed E-state index contributed by atoms with van der Waals surface area (Å²) in [6.07, 6.45) is -5.69. The monoisotopic (exact) mass is 500 g/mol. The zero-order chi connectivity index (χ0) is 25.2. The molecule has 1 amide bonds. The third-order valence-electron chi connectivity index (χ3n) is 5.23. The maximum atomic E-state index is 13.5. The highest BCUT2D eigenvalue weighted by molar-refractivity contribution is 5.93. The van der Waals surface area contributed by atoms with Gasteiger partial charge in [0.2, 0.25) is 5.88 Å². The summed E-state index contributed by atoms with van der Waals surface area (Å²) in [5, 5.41) is 0. The number of nitrogens with zero attached hydrogens (tertiary/aromatic N) is 6. The fraction of sp³-hybridized carbons (Fsp3) is 0.333. The van der Waals surface area contributed by atoms with Crippen LogP contribution in [0.15, 0.2) is 49.2 Å². The highest BCUT2D eigenvalue weighted by Crippen LogP contribution is 2.34. The first-order valence-corrected chi connectivity index (χ1v) is 10.3. The van der Waals surface area contributed by atoms with Crippen molar-refractivity contribution >= 4 is 11.7 Å². The van der Waals surface area contributed by atoms with Crippen LogP contribution in [0.1, 0.15) is 16.1 Å². The second-order valence-electron chi connectivity index (χ2n) is 7.56. The van der Waals surface area contributed by atoms with Crippen LogP contribution in [-0.2, 0) is 6.18 Å². The molecule has 0 N–H and O–H groups in total. The molecule has 1 aliphatic rings. The average molecular weight is 500 g/mol. The molecular formula is C21H18F6N6O2. The van der Waals surface area contributed by atoms with Crippen LogP contribution >= 0.6 is 0 Å². The summed E-state index contributed by atoms with van der Waals surface area (Å²) in [6.45, 7) is -0.512. The van der Waals surface area contributed by atoms with E-state index in [0.29, 0.717) is 5.82 Å². The molecule has 0 bridgehead atoms. The van der Waals surface area contributed by atoms with Gasteiger partial charge >= 0.3 is 12.4 Å². The van der Waals surface area contributed by atoms with Crippen molar-refractivity contribution in [3.8, 4) is 11.6 Å². The Kier molecular flexibility index (Phi) is 6.54. The summed E-state index contributed by atoms with van der Waals surface area (Å²) >= 11 is 0. The van der Waals surface area contributed by atoms with Crippen molar-refractivity contribution in [3.63, 3.8) is 0 Å². The van der Waals surface area contributed by atoms with Gasteiger partial charge in [-0.2, -0.15) is 26.3 Å². The SMILES string of the molecule is O=C(c1cncn1-c1ccccc1C(F)(F)F)N1CCN(c2cc(OCC(F)(F)F)ncn2)CC1. The second-order valence-corrected chi connectivity index (χ2v) is 7.56. The molecule has 2 aromatic heterocycles. The minimum absolute atomic E-state index is 0.0278. The maximum Gasteiger partial charge on any atom is 0.422 e. The third kappa shape index (κ3) is 5.63. The molecule has 4 rings (SSSR count). The zero-order valence-electron chi connectivity index (χ0n) is 17.9. The van der Waals surface area contributed by atoms with Gasteiger partial charge in [-0.25, -0.2) is 15.0 Å². The van der Waals surface area contributed by atoms with Crippen molar-refractivity contribution in [2.24, 2.45) is 0 Å². The number of carbonyl (C=O) groups excluding carboxylic acids is 1. The topological polar surface area (TPSA) is 76.4 Å². The summed E-state index contributed by atoms with van der Waals surface area (Å²) in [5.41, 5.74) is -1.14. The predicted octanol–water partition coefficient (Wildman–Crippen LogP) is 3.58. The van der Waals surface area contributed by atoms with E-state index in [-0.39, 0.29) is 43.4 Å². The fourth-order valence-electron chi connectivity index (χ4n) is 3.61. The van der Waals surface area contributed by atoms with E-state index in [1.54, 1.807) is 4.90 Å². The first-order valence-electron chi connectivity index (χ1n) is 10.3. The number of carbonyl (C=O) groups is 1. The van der Waals surface area contributed by atoms with Gasteiger partial charge < -0.3 is 14.5 Å². The number of alkyl halides is 6. The lowest BCUT2D eigenvalue weighted by Crippen LogP contribution is -2.49. The summed E-state index contributed by atoms with van der Waals surface area (Å²) < 4.78 is 83.2. The number of aromatic nitrogens is 4. The largest absolute Gasteiger partial charge is 0.468 e. The zero-order valence-corrected chi connectivity index (χ0v) is 17.9. The molecule has 1 aromatic carbocycles. The summed E-state index contributed by atoms with van der Waals surface area (Å²) in [6, 6.07) is 6.15. The molecule has 1 saturated heterocycles. The third-order valence-corrected chi connectivity index (χ3v) is 5.23. The molecule has 0 spiro atoms. The van der Waals surface area contributed by atoms with Crippen LogP contribution in [0.4, 0.5) is 32.2 Å². The molecule has 35 heavy (non-hydrogen) atoms. The van der Waals surface area contributed by atoms with Gasteiger partial charge in [-0.05, 0) is 12.1 Å². The van der Waals surface area contributed by atoms with Crippen LogP contribution in [0.2, 0.25) is 0 Å². The van der Waals surface area contributed by atoms with Crippen LogP contribution in [0.3, 0.4) is 0 Å². The van der Waals surface area contributed by atoms with Crippen molar-refractivity contribution in [2.45, 2.75) is 12.4 Å². The van der Waals surface area contributed by atoms with E-state index in [9.17, 15) is 31.1 Å². The Labute approximate surface area is 194 Å². The molecule has 1 fully saturated rings. The van der Waals surface area contributed by atoms with Crippen molar-refractivity contribution in [3.05, 3.63) is 60.4 Å². The molecule has 3 heterocycles. The van der Waals surface area contributed by atoms with Crippen LogP contribution in [0.5, 0.6) is 5.88 Å². The molecule has 0 unspecified atom stereocenters. The number of halogens is 6. The Morgan fingerprint density at radius 1 is 1.00 bits per heavy atom. The lowest BCUT2D eigenvalue weighted by atomic mass is 10.1. The number of hydrogen-bond donors (Lipinski definition) is 0. The van der Waals surface area contributed by atoms with E-state index < -0.39 is 30.4 Å². The van der Waals surface area contributed by atoms with E-state index in [1.807, 2.05) is 0 Å². The van der Waals surface area contributed by atoms with Gasteiger partial charge in [0.05, 0.1) is 23.8 Å². The number of ether oxygens (including phenoxy) is 1. The molecular weight excluding hydrogens is 482 g/mol. The van der Waals surface area contributed by atoms with Gasteiger partial charge in [-0.1, -0.05) is 12.1 Å². The summed E-state index contributed by atoms with van der Waals surface area (Å²) in [4.78, 5) is 27.9. The number of benzene rings is 1. The number of anilines is 1. The van der Waals surface area contributed by atoms with Crippen LogP contribution in [-0.4, -0.2) is 69.3 Å². The molecule has 8 nitrogen and oxygen atoms in total. The highest BCUT2D eigenvalue weighted by Gasteiger charge is 2.35. The number of rotatable bonds is 5. The smallest absolute Gasteiger partial charge is 0.422 e. The van der Waals surface area contributed by atoms with Gasteiger partial charge in [0.25, 0.3) is 5.91 Å². The quantitative estimate of drug-likeness (QED) is 0.499. The molecule has 0 aliphatic carbocycles. The van der Waals surface area contributed by atoms with Crippen molar-refractivity contribution in [2.75, 3.05) is 37.7 Å². The second kappa shape index (κ2) is 9.43. The molecule has 1 aliphatic heterocycles. The first-order chi connectivity index (χ1) is 16.5. The number of amides is 1. The predicted molar refractivity (Wildman–Crippen MR) is 110 cm³/mol.